The highest BCUT2D eigenvalue weighted by Gasteiger charge is 2.73. The fourth-order valence-electron chi connectivity index (χ4n) is 9.53. The van der Waals surface area contributed by atoms with E-state index in [-0.39, 0.29) is 35.3 Å². The van der Waals surface area contributed by atoms with Gasteiger partial charge in [0, 0.05) is 34.0 Å². The lowest BCUT2D eigenvalue weighted by Crippen LogP contribution is -2.77. The highest BCUT2D eigenvalue weighted by molar-refractivity contribution is 5.94. The number of carbonyl (C=O) groups is 7. The Morgan fingerprint density at radius 2 is 1.52 bits per heavy atom. The molecule has 2 aliphatic carbocycles. The quantitative estimate of drug-likeness (QED) is 0.121. The molecule has 5 rings (SSSR count). The van der Waals surface area contributed by atoms with Crippen molar-refractivity contribution >= 4 is 41.7 Å². The summed E-state index contributed by atoms with van der Waals surface area (Å²) in [5.74, 6) is -7.25. The molecule has 1 saturated carbocycles. The van der Waals surface area contributed by atoms with E-state index < -0.39 is 132 Å². The second-order valence-corrected chi connectivity index (χ2v) is 18.5. The van der Waals surface area contributed by atoms with Gasteiger partial charge in [-0.2, -0.15) is 0 Å². The Labute approximate surface area is 383 Å². The molecule has 18 heteroatoms. The molecule has 0 unspecified atom stereocenters. The van der Waals surface area contributed by atoms with Gasteiger partial charge in [-0.05, 0) is 77.3 Å². The summed E-state index contributed by atoms with van der Waals surface area (Å²) in [4.78, 5) is 96.4. The molecule has 2 fully saturated rings. The van der Waals surface area contributed by atoms with Crippen LogP contribution in [0.2, 0.25) is 0 Å². The van der Waals surface area contributed by atoms with Gasteiger partial charge < -0.3 is 53.4 Å². The number of alkyl carbamates (subject to hydrolysis) is 1. The van der Waals surface area contributed by atoms with Gasteiger partial charge in [-0.25, -0.2) is 14.4 Å². The van der Waals surface area contributed by atoms with E-state index in [9.17, 15) is 34.2 Å². The molecule has 66 heavy (non-hydrogen) atoms. The number of rotatable bonds is 15. The summed E-state index contributed by atoms with van der Waals surface area (Å²) in [7, 11) is 2.65. The number of carboxylic acids is 1. The smallest absolute Gasteiger partial charge is 0.408 e. The number of hydrogen-bond donors (Lipinski definition) is 3. The van der Waals surface area contributed by atoms with Crippen molar-refractivity contribution in [3.63, 3.8) is 0 Å². The van der Waals surface area contributed by atoms with E-state index in [1.165, 1.54) is 54.0 Å². The highest BCUT2D eigenvalue weighted by Crippen LogP contribution is 2.59. The number of methoxy groups -OCH3 is 2. The number of ketones is 1. The number of fused-ring (bicyclic) bond motifs is 3. The van der Waals surface area contributed by atoms with Gasteiger partial charge in [0.1, 0.15) is 36.1 Å². The zero-order valence-corrected chi connectivity index (χ0v) is 38.9. The Kier molecular flexibility index (Phi) is 15.9. The van der Waals surface area contributed by atoms with Crippen LogP contribution in [0, 0.1) is 11.3 Å². The highest BCUT2D eigenvalue weighted by atomic mass is 16.6. The molecular formula is C48H61NO17. The minimum atomic E-state index is -2.04. The van der Waals surface area contributed by atoms with Crippen LogP contribution < -0.4 is 5.32 Å². The molecule has 3 aliphatic rings. The first kappa shape index (κ1) is 51.3. The van der Waals surface area contributed by atoms with Crippen LogP contribution in [-0.2, 0) is 61.9 Å². The molecule has 0 aromatic heterocycles. The first-order valence-electron chi connectivity index (χ1n) is 21.6. The second-order valence-electron chi connectivity index (χ2n) is 18.5. The van der Waals surface area contributed by atoms with Crippen molar-refractivity contribution in [3.05, 3.63) is 82.9 Å². The van der Waals surface area contributed by atoms with E-state index in [4.69, 9.17) is 37.9 Å². The van der Waals surface area contributed by atoms with Crippen LogP contribution in [0.4, 0.5) is 4.79 Å². The molecule has 0 bridgehead atoms. The van der Waals surface area contributed by atoms with Gasteiger partial charge in [0.05, 0.1) is 48.0 Å². The summed E-state index contributed by atoms with van der Waals surface area (Å²) in [6.45, 7) is 11.7. The average molecular weight is 924 g/mol. The number of Topliss-reactive ketones (excluding diaryl/α,β-unsaturated/α-hetero) is 1. The lowest BCUT2D eigenvalue weighted by atomic mass is 9.51. The molecular weight excluding hydrogens is 863 g/mol. The third-order valence-corrected chi connectivity index (χ3v) is 12.3. The van der Waals surface area contributed by atoms with Crippen molar-refractivity contribution in [1.82, 2.24) is 5.32 Å². The molecule has 0 radical (unpaired) electrons. The van der Waals surface area contributed by atoms with Gasteiger partial charge >= 0.3 is 35.9 Å². The molecule has 360 valence electrons. The van der Waals surface area contributed by atoms with Crippen molar-refractivity contribution < 1.29 is 81.7 Å². The van der Waals surface area contributed by atoms with Crippen LogP contribution in [-0.4, -0.2) is 126 Å². The zero-order chi connectivity index (χ0) is 48.9. The minimum absolute atomic E-state index is 0.0346. The molecule has 2 aromatic carbocycles. The number of benzene rings is 2. The van der Waals surface area contributed by atoms with Crippen molar-refractivity contribution in [3.8, 4) is 0 Å². The first-order valence-corrected chi connectivity index (χ1v) is 21.6. The van der Waals surface area contributed by atoms with E-state index in [0.29, 0.717) is 0 Å². The van der Waals surface area contributed by atoms with Crippen molar-refractivity contribution in [2.75, 3.05) is 20.8 Å². The number of aliphatic hydroxyl groups is 1. The van der Waals surface area contributed by atoms with E-state index in [1.807, 2.05) is 0 Å². The summed E-state index contributed by atoms with van der Waals surface area (Å²) >= 11 is 0. The number of carboxylic acid groups (broad SMARTS) is 1. The number of hydrogen-bond acceptors (Lipinski definition) is 16. The maximum absolute atomic E-state index is 15.6. The first-order chi connectivity index (χ1) is 30.9. The Hall–Kier alpha value is -5.69. The Morgan fingerprint density at radius 3 is 2.03 bits per heavy atom. The largest absolute Gasteiger partial charge is 0.481 e. The topological polar surface area (TPSA) is 246 Å². The van der Waals surface area contributed by atoms with Crippen LogP contribution in [0.1, 0.15) is 103 Å². The van der Waals surface area contributed by atoms with Crippen molar-refractivity contribution in [2.45, 2.75) is 141 Å². The molecule has 3 N–H and O–H groups in total. The van der Waals surface area contributed by atoms with E-state index >= 15 is 9.59 Å². The summed E-state index contributed by atoms with van der Waals surface area (Å²) in [5.41, 5.74) is -5.86. The monoisotopic (exact) mass is 923 g/mol. The fraction of sp³-hybridized carbons (Fsp3) is 0.562. The minimum Gasteiger partial charge on any atom is -0.481 e. The van der Waals surface area contributed by atoms with E-state index in [2.05, 4.69) is 5.32 Å². The van der Waals surface area contributed by atoms with Crippen LogP contribution in [0.3, 0.4) is 0 Å². The number of aliphatic carboxylic acids is 1. The van der Waals surface area contributed by atoms with Gasteiger partial charge in [0.25, 0.3) is 0 Å². The number of nitrogens with one attached hydrogen (secondary N) is 1. The van der Waals surface area contributed by atoms with Crippen LogP contribution in [0.25, 0.3) is 0 Å². The Morgan fingerprint density at radius 1 is 0.894 bits per heavy atom. The van der Waals surface area contributed by atoms with Crippen LogP contribution in [0.15, 0.2) is 71.8 Å². The second kappa shape index (κ2) is 20.4. The number of ether oxygens (including phenoxy) is 8. The molecule has 2 aromatic rings. The molecule has 1 saturated heterocycles. The fourth-order valence-corrected chi connectivity index (χ4v) is 9.53. The number of carbonyl (C=O) groups excluding carboxylic acids is 6. The van der Waals surface area contributed by atoms with Gasteiger partial charge in [-0.3, -0.25) is 19.2 Å². The summed E-state index contributed by atoms with van der Waals surface area (Å²) < 4.78 is 48.3. The summed E-state index contributed by atoms with van der Waals surface area (Å²) in [6, 6.07) is 14.4. The maximum atomic E-state index is 15.6. The third-order valence-electron chi connectivity index (χ3n) is 12.3. The van der Waals surface area contributed by atoms with Gasteiger partial charge in [0.15, 0.2) is 11.4 Å². The van der Waals surface area contributed by atoms with Gasteiger partial charge in [-0.1, -0.05) is 48.5 Å². The van der Waals surface area contributed by atoms with E-state index in [0.717, 1.165) is 0 Å². The van der Waals surface area contributed by atoms with Gasteiger partial charge in [0.2, 0.25) is 6.10 Å². The Balaban J connectivity index is 1.77. The molecule has 1 heterocycles. The van der Waals surface area contributed by atoms with Gasteiger partial charge in [-0.15, -0.1) is 0 Å². The lowest BCUT2D eigenvalue weighted by Gasteiger charge is -2.63. The predicted octanol–water partition coefficient (Wildman–Crippen LogP) is 4.98. The molecule has 1 aliphatic heterocycles. The van der Waals surface area contributed by atoms with Crippen molar-refractivity contribution in [1.29, 1.82) is 0 Å². The normalized spacial score (nSPS) is 28.5. The predicted molar refractivity (Wildman–Crippen MR) is 231 cm³/mol. The summed E-state index contributed by atoms with van der Waals surface area (Å²) in [6.07, 6.45) is -11.3. The van der Waals surface area contributed by atoms with Crippen LogP contribution in [0.5, 0.6) is 0 Å². The van der Waals surface area contributed by atoms with Crippen LogP contribution >= 0.6 is 0 Å². The summed E-state index contributed by atoms with van der Waals surface area (Å²) in [5, 5.41) is 24.0. The molecule has 1 amide bonds. The Bertz CT molecular complexity index is 2160. The average Bonchev–Trinajstić information content (AvgIpc) is 3.25. The molecule has 18 nitrogen and oxygen atoms in total. The van der Waals surface area contributed by atoms with Crippen molar-refractivity contribution in [2.24, 2.45) is 11.3 Å². The van der Waals surface area contributed by atoms with E-state index in [1.54, 1.807) is 76.2 Å². The maximum Gasteiger partial charge on any atom is 0.408 e. The molecule has 0 spiro atoms. The number of amides is 1. The lowest BCUT2D eigenvalue weighted by molar-refractivity contribution is -0.332. The molecule has 10 atom stereocenters. The third kappa shape index (κ3) is 11.1. The SMILES string of the molecule is CO[C@H]1C[C@H]2OC[C@@]2(OC(C)=O)[C@H]2[C@H](OC(=O)c3ccccc3)C[C@H](OC(=O)[C@H](OC(=O)CCC(=O)O)[C@@H](NC(=O)OC(C)(C)C)c3ccccc3)/C(C)=C(\C(C)(C)O)[C@@H](OC)C(=O)[C@]12C. The zero-order valence-electron chi connectivity index (χ0n) is 38.9. The number of esters is 4. The standard InChI is InChI=1S/C48H61NO17/c1-26-30(62-43(56)39(64-35(53)22-21-34(51)52)37(28-17-13-11-14-18-28)49-44(57)66-45(3,4)5)23-31(63-42(55)29-19-15-12-16-20-29)40-47(8,41(54)38(60-10)36(26)46(6,7)58)32(59-9)24-33-48(40,25-61-33)65-27(2)50/h11-20,30-33,37-40,58H,21-25H2,1-10H3,(H,49,57)(H,51,52)/b36-26-/t30-,31+,32-,33+,37-,38+,39+,40-,47+,48-/m0/s1.